The van der Waals surface area contributed by atoms with Crippen LogP contribution < -0.4 is 0 Å². The number of likely N-dealkylation sites (N-methyl/N-ethyl adjacent to an activating group) is 1. The molecule has 5 nitrogen and oxygen atoms in total. The predicted octanol–water partition coefficient (Wildman–Crippen LogP) is 1.50. The number of ether oxygens (including phenoxy) is 2. The summed E-state index contributed by atoms with van der Waals surface area (Å²) in [4.78, 5) is 26.0. The van der Waals surface area contributed by atoms with Crippen molar-refractivity contribution in [1.82, 2.24) is 4.90 Å². The normalized spacial score (nSPS) is 19.9. The second-order valence-electron chi connectivity index (χ2n) is 6.05. The molecule has 0 N–H and O–H groups in total. The molecule has 0 aromatic carbocycles. The average molecular weight is 285 g/mol. The fourth-order valence-corrected chi connectivity index (χ4v) is 2.32. The minimum absolute atomic E-state index is 0.102. The van der Waals surface area contributed by atoms with E-state index in [1.807, 2.05) is 11.9 Å². The Balaban J connectivity index is 2.45. The van der Waals surface area contributed by atoms with Gasteiger partial charge in [0.25, 0.3) is 0 Å². The molecule has 0 radical (unpaired) electrons. The Hall–Kier alpha value is -0.940. The zero-order valence-corrected chi connectivity index (χ0v) is 13.1. The van der Waals surface area contributed by atoms with Crippen molar-refractivity contribution < 1.29 is 19.1 Å². The van der Waals surface area contributed by atoms with Gasteiger partial charge in [0.15, 0.2) is 5.78 Å². The van der Waals surface area contributed by atoms with Gasteiger partial charge in [0.1, 0.15) is 5.41 Å². The summed E-state index contributed by atoms with van der Waals surface area (Å²) >= 11 is 0. The first-order valence-corrected chi connectivity index (χ1v) is 7.34. The van der Waals surface area contributed by atoms with E-state index in [1.165, 1.54) is 0 Å². The van der Waals surface area contributed by atoms with Gasteiger partial charge in [-0.05, 0) is 46.6 Å². The predicted molar refractivity (Wildman–Crippen MR) is 76.5 cm³/mol. The van der Waals surface area contributed by atoms with Crippen molar-refractivity contribution in [3.05, 3.63) is 0 Å². The summed E-state index contributed by atoms with van der Waals surface area (Å²) in [5.74, 6) is -0.0677. The Morgan fingerprint density at radius 1 is 1.40 bits per heavy atom. The van der Waals surface area contributed by atoms with E-state index < -0.39 is 11.4 Å². The molecule has 20 heavy (non-hydrogen) atoms. The van der Waals surface area contributed by atoms with Gasteiger partial charge in [-0.3, -0.25) is 14.5 Å². The highest BCUT2D eigenvalue weighted by Crippen LogP contribution is 2.20. The van der Waals surface area contributed by atoms with Crippen molar-refractivity contribution in [3.8, 4) is 0 Å². The van der Waals surface area contributed by atoms with Crippen LogP contribution in [0.15, 0.2) is 0 Å². The number of hydrogen-bond donors (Lipinski definition) is 0. The molecule has 1 rings (SSSR count). The topological polar surface area (TPSA) is 55.8 Å². The third-order valence-corrected chi connectivity index (χ3v) is 3.72. The van der Waals surface area contributed by atoms with E-state index in [9.17, 15) is 9.59 Å². The molecule has 1 aliphatic heterocycles. The number of ketones is 1. The molecule has 1 heterocycles. The number of rotatable bonds is 7. The van der Waals surface area contributed by atoms with Crippen molar-refractivity contribution in [2.75, 3.05) is 40.0 Å². The highest BCUT2D eigenvalue weighted by atomic mass is 16.5. The summed E-state index contributed by atoms with van der Waals surface area (Å²) in [6.07, 6.45) is 2.22. The van der Waals surface area contributed by atoms with Gasteiger partial charge in [-0.1, -0.05) is 0 Å². The molecule has 0 aromatic rings. The van der Waals surface area contributed by atoms with Crippen LogP contribution in [0.4, 0.5) is 0 Å². The van der Waals surface area contributed by atoms with Crippen LogP contribution in [0.25, 0.3) is 0 Å². The lowest BCUT2D eigenvalue weighted by molar-refractivity contribution is -0.158. The summed E-state index contributed by atoms with van der Waals surface area (Å²) in [6.45, 7) is 8.00. The average Bonchev–Trinajstić information content (AvgIpc) is 2.39. The molecule has 1 atom stereocenters. The van der Waals surface area contributed by atoms with Crippen LogP contribution in [0.2, 0.25) is 0 Å². The van der Waals surface area contributed by atoms with Crippen molar-refractivity contribution >= 4 is 11.8 Å². The van der Waals surface area contributed by atoms with E-state index in [1.54, 1.807) is 20.8 Å². The fraction of sp³-hybridized carbons (Fsp3) is 0.867. The highest BCUT2D eigenvalue weighted by Gasteiger charge is 2.37. The number of Topliss-reactive ketones (excluding diaryl/α,β-unsaturated/α-hetero) is 1. The van der Waals surface area contributed by atoms with Crippen molar-refractivity contribution in [3.63, 3.8) is 0 Å². The molecule has 0 aromatic heterocycles. The molecule has 1 aliphatic rings. The third-order valence-electron chi connectivity index (χ3n) is 3.72. The van der Waals surface area contributed by atoms with Crippen LogP contribution >= 0.6 is 0 Å². The first kappa shape index (κ1) is 17.1. The number of esters is 1. The third kappa shape index (κ3) is 4.87. The fourth-order valence-electron chi connectivity index (χ4n) is 2.32. The number of nitrogens with zero attached hydrogens (tertiary/aromatic N) is 1. The molecular formula is C15H27NO4. The summed E-state index contributed by atoms with van der Waals surface area (Å²) in [5, 5.41) is 0. The molecule has 1 saturated heterocycles. The SMILES string of the molecule is CCOC(=O)C(C)(C)C(=O)CN(C)CC1CCCOC1. The zero-order chi connectivity index (χ0) is 15.2. The second kappa shape index (κ2) is 7.74. The van der Waals surface area contributed by atoms with E-state index in [0.717, 1.165) is 32.6 Å². The van der Waals surface area contributed by atoms with Gasteiger partial charge in [0.2, 0.25) is 0 Å². The van der Waals surface area contributed by atoms with Crippen molar-refractivity contribution in [2.24, 2.45) is 11.3 Å². The number of carbonyl (C=O) groups is 2. The zero-order valence-electron chi connectivity index (χ0n) is 13.1. The monoisotopic (exact) mass is 285 g/mol. The Labute approximate surface area is 121 Å². The Morgan fingerprint density at radius 3 is 2.65 bits per heavy atom. The van der Waals surface area contributed by atoms with Gasteiger partial charge in [0, 0.05) is 13.2 Å². The van der Waals surface area contributed by atoms with Crippen LogP contribution in [0.1, 0.15) is 33.6 Å². The minimum atomic E-state index is -1.08. The van der Waals surface area contributed by atoms with E-state index in [0.29, 0.717) is 12.5 Å². The standard InChI is InChI=1S/C15H27NO4/c1-5-20-14(18)15(2,3)13(17)10-16(4)9-12-7-6-8-19-11-12/h12H,5-11H2,1-4H3. The van der Waals surface area contributed by atoms with E-state index in [4.69, 9.17) is 9.47 Å². The van der Waals surface area contributed by atoms with Crippen molar-refractivity contribution in [2.45, 2.75) is 33.6 Å². The molecule has 0 saturated carbocycles. The summed E-state index contributed by atoms with van der Waals surface area (Å²) in [5.41, 5.74) is -1.08. The quantitative estimate of drug-likeness (QED) is 0.524. The van der Waals surface area contributed by atoms with Crippen molar-refractivity contribution in [1.29, 1.82) is 0 Å². The smallest absolute Gasteiger partial charge is 0.319 e. The molecule has 0 amide bonds. The van der Waals surface area contributed by atoms with E-state index >= 15 is 0 Å². The summed E-state index contributed by atoms with van der Waals surface area (Å²) < 4.78 is 10.4. The van der Waals surface area contributed by atoms with Gasteiger partial charge in [-0.2, -0.15) is 0 Å². The molecule has 1 unspecified atom stereocenters. The largest absolute Gasteiger partial charge is 0.465 e. The lowest BCUT2D eigenvalue weighted by Crippen LogP contribution is -2.43. The van der Waals surface area contributed by atoms with Gasteiger partial charge in [0.05, 0.1) is 19.8 Å². The number of carbonyl (C=O) groups excluding carboxylic acids is 2. The maximum Gasteiger partial charge on any atom is 0.319 e. The molecule has 116 valence electrons. The molecule has 0 spiro atoms. The van der Waals surface area contributed by atoms with E-state index in [-0.39, 0.29) is 12.3 Å². The van der Waals surface area contributed by atoms with E-state index in [2.05, 4.69) is 0 Å². The second-order valence-corrected chi connectivity index (χ2v) is 6.05. The molecule has 0 bridgehead atoms. The Morgan fingerprint density at radius 2 is 2.10 bits per heavy atom. The maximum absolute atomic E-state index is 12.3. The molecular weight excluding hydrogens is 258 g/mol. The molecule has 1 fully saturated rings. The van der Waals surface area contributed by atoms with Crippen LogP contribution in [0, 0.1) is 11.3 Å². The van der Waals surface area contributed by atoms with Crippen LogP contribution in [0.5, 0.6) is 0 Å². The van der Waals surface area contributed by atoms with Crippen LogP contribution in [-0.4, -0.2) is 56.6 Å². The molecule has 5 heteroatoms. The van der Waals surface area contributed by atoms with Crippen LogP contribution in [-0.2, 0) is 19.1 Å². The first-order valence-electron chi connectivity index (χ1n) is 7.34. The molecule has 0 aliphatic carbocycles. The van der Waals surface area contributed by atoms with Gasteiger partial charge < -0.3 is 9.47 Å². The van der Waals surface area contributed by atoms with Gasteiger partial charge in [-0.15, -0.1) is 0 Å². The summed E-state index contributed by atoms with van der Waals surface area (Å²) in [6, 6.07) is 0. The highest BCUT2D eigenvalue weighted by molar-refractivity contribution is 6.03. The van der Waals surface area contributed by atoms with Gasteiger partial charge in [-0.25, -0.2) is 0 Å². The van der Waals surface area contributed by atoms with Gasteiger partial charge >= 0.3 is 5.97 Å². The Bertz CT molecular complexity index is 335. The maximum atomic E-state index is 12.3. The first-order chi connectivity index (χ1) is 9.37. The Kier molecular flexibility index (Phi) is 6.62. The lowest BCUT2D eigenvalue weighted by Gasteiger charge is -2.28. The summed E-state index contributed by atoms with van der Waals surface area (Å²) in [7, 11) is 1.91. The minimum Gasteiger partial charge on any atom is -0.465 e. The van der Waals surface area contributed by atoms with Crippen LogP contribution in [0.3, 0.4) is 0 Å². The lowest BCUT2D eigenvalue weighted by atomic mass is 9.87. The number of hydrogen-bond acceptors (Lipinski definition) is 5.